The fraction of sp³-hybridized carbons (Fsp3) is 0.308. The molecule has 1 aromatic rings. The number of nitrogens with two attached hydrogens (primary N) is 1. The summed E-state index contributed by atoms with van der Waals surface area (Å²) in [5, 5.41) is 11.2. The first kappa shape index (κ1) is 16.2. The maximum atomic E-state index is 11.1. The van der Waals surface area contributed by atoms with Crippen LogP contribution in [-0.2, 0) is 16.6 Å². The van der Waals surface area contributed by atoms with E-state index in [1.807, 2.05) is 6.92 Å². The number of hydrogen-bond donors (Lipinski definition) is 3. The van der Waals surface area contributed by atoms with Crippen LogP contribution in [0.25, 0.3) is 0 Å². The van der Waals surface area contributed by atoms with Crippen LogP contribution in [0.2, 0.25) is 0 Å². The van der Waals surface area contributed by atoms with Crippen molar-refractivity contribution in [2.24, 2.45) is 10.1 Å². The molecular formula is C13H20N4O2S. The molecule has 0 unspecified atom stereocenters. The largest absolute Gasteiger partial charge is 0.357 e. The normalized spacial score (nSPS) is 12.0. The third-order valence-electron chi connectivity index (χ3n) is 2.43. The van der Waals surface area contributed by atoms with Gasteiger partial charge in [0.05, 0.1) is 11.4 Å². The fourth-order valence-electron chi connectivity index (χ4n) is 1.47. The molecule has 0 heterocycles. The van der Waals surface area contributed by atoms with Gasteiger partial charge in [0.1, 0.15) is 0 Å². The number of guanidine groups is 1. The summed E-state index contributed by atoms with van der Waals surface area (Å²) in [6.45, 7) is 7.43. The monoisotopic (exact) mass is 296 g/mol. The molecule has 7 heteroatoms. The third kappa shape index (κ3) is 5.41. The predicted molar refractivity (Wildman–Crippen MR) is 80.8 cm³/mol. The van der Waals surface area contributed by atoms with Crippen molar-refractivity contribution in [1.29, 1.82) is 0 Å². The summed E-state index contributed by atoms with van der Waals surface area (Å²) in [5.74, 6) is 0.683. The number of aliphatic imine (C=N–C) groups is 1. The number of hydrogen-bond acceptors (Lipinski definition) is 3. The van der Waals surface area contributed by atoms with Gasteiger partial charge in [-0.2, -0.15) is 0 Å². The molecule has 20 heavy (non-hydrogen) atoms. The average Bonchev–Trinajstić information content (AvgIpc) is 2.41. The Kier molecular flexibility index (Phi) is 6.20. The Morgan fingerprint density at radius 1 is 1.35 bits per heavy atom. The maximum Gasteiger partial charge on any atom is 0.238 e. The average molecular weight is 296 g/mol. The SMILES string of the molecule is C=CCNC(=NCc1ccc(S(N)(=O)=O)cc1)NCC. The third-order valence-corrected chi connectivity index (χ3v) is 3.36. The standard InChI is InChI=1S/C13H20N4O2S/c1-3-9-16-13(15-4-2)17-10-11-5-7-12(8-6-11)20(14,18)19/h3,5-8H,1,4,9-10H2,2H3,(H2,14,18,19)(H2,15,16,17). The van der Waals surface area contributed by atoms with E-state index < -0.39 is 10.0 Å². The molecule has 0 aliphatic carbocycles. The zero-order valence-corrected chi connectivity index (χ0v) is 12.3. The molecule has 0 saturated heterocycles. The smallest absolute Gasteiger partial charge is 0.238 e. The Bertz CT molecular complexity index is 565. The summed E-state index contributed by atoms with van der Waals surface area (Å²) in [6, 6.07) is 6.34. The molecule has 0 fully saturated rings. The highest BCUT2D eigenvalue weighted by Gasteiger charge is 2.06. The minimum Gasteiger partial charge on any atom is -0.357 e. The van der Waals surface area contributed by atoms with Gasteiger partial charge in [0, 0.05) is 13.1 Å². The maximum absolute atomic E-state index is 11.1. The van der Waals surface area contributed by atoms with Crippen molar-refractivity contribution < 1.29 is 8.42 Å². The van der Waals surface area contributed by atoms with Crippen LogP contribution in [0.5, 0.6) is 0 Å². The van der Waals surface area contributed by atoms with E-state index in [4.69, 9.17) is 5.14 Å². The highest BCUT2D eigenvalue weighted by Crippen LogP contribution is 2.09. The summed E-state index contributed by atoms with van der Waals surface area (Å²) in [5.41, 5.74) is 0.896. The minimum atomic E-state index is -3.64. The highest BCUT2D eigenvalue weighted by atomic mass is 32.2. The molecule has 1 aromatic carbocycles. The van der Waals surface area contributed by atoms with E-state index >= 15 is 0 Å². The Morgan fingerprint density at radius 2 is 2.00 bits per heavy atom. The van der Waals surface area contributed by atoms with Gasteiger partial charge in [0.2, 0.25) is 10.0 Å². The van der Waals surface area contributed by atoms with Crippen molar-refractivity contribution in [2.45, 2.75) is 18.4 Å². The van der Waals surface area contributed by atoms with Gasteiger partial charge >= 0.3 is 0 Å². The van der Waals surface area contributed by atoms with Gasteiger partial charge in [-0.05, 0) is 24.6 Å². The van der Waals surface area contributed by atoms with Crippen molar-refractivity contribution in [3.8, 4) is 0 Å². The van der Waals surface area contributed by atoms with E-state index in [2.05, 4.69) is 22.2 Å². The Hall–Kier alpha value is -1.86. The summed E-state index contributed by atoms with van der Waals surface area (Å²) in [4.78, 5) is 4.48. The molecule has 0 aliphatic heterocycles. The number of sulfonamides is 1. The van der Waals surface area contributed by atoms with Crippen LogP contribution in [-0.4, -0.2) is 27.5 Å². The van der Waals surface area contributed by atoms with Crippen LogP contribution in [0, 0.1) is 0 Å². The lowest BCUT2D eigenvalue weighted by Gasteiger charge is -2.09. The second-order valence-corrected chi connectivity index (χ2v) is 5.62. The molecule has 0 bridgehead atoms. The number of nitrogens with one attached hydrogen (secondary N) is 2. The van der Waals surface area contributed by atoms with E-state index in [1.54, 1.807) is 18.2 Å². The van der Waals surface area contributed by atoms with Crippen LogP contribution in [0.4, 0.5) is 0 Å². The summed E-state index contributed by atoms with van der Waals surface area (Å²) >= 11 is 0. The molecule has 0 saturated carbocycles. The van der Waals surface area contributed by atoms with Gasteiger partial charge < -0.3 is 10.6 Å². The number of benzene rings is 1. The fourth-order valence-corrected chi connectivity index (χ4v) is 1.98. The van der Waals surface area contributed by atoms with Crippen LogP contribution in [0.3, 0.4) is 0 Å². The second-order valence-electron chi connectivity index (χ2n) is 4.05. The summed E-state index contributed by atoms with van der Waals surface area (Å²) < 4.78 is 22.3. The van der Waals surface area contributed by atoms with Gasteiger partial charge in [-0.3, -0.25) is 0 Å². The summed E-state index contributed by atoms with van der Waals surface area (Å²) in [6.07, 6.45) is 1.74. The first-order chi connectivity index (χ1) is 9.47. The minimum absolute atomic E-state index is 0.0990. The molecule has 0 radical (unpaired) electrons. The van der Waals surface area contributed by atoms with Crippen LogP contribution in [0.1, 0.15) is 12.5 Å². The quantitative estimate of drug-likeness (QED) is 0.406. The van der Waals surface area contributed by atoms with Gasteiger partial charge in [-0.15, -0.1) is 6.58 Å². The lowest BCUT2D eigenvalue weighted by Crippen LogP contribution is -2.37. The number of nitrogens with zero attached hydrogens (tertiary/aromatic N) is 1. The van der Waals surface area contributed by atoms with Gasteiger partial charge in [0.25, 0.3) is 0 Å². The van der Waals surface area contributed by atoms with Crippen LogP contribution >= 0.6 is 0 Å². The molecule has 1 rings (SSSR count). The molecule has 6 nitrogen and oxygen atoms in total. The molecule has 0 atom stereocenters. The lowest BCUT2D eigenvalue weighted by atomic mass is 10.2. The topological polar surface area (TPSA) is 96.6 Å². The molecule has 0 aliphatic rings. The Balaban J connectivity index is 2.73. The van der Waals surface area contributed by atoms with Gasteiger partial charge in [-0.25, -0.2) is 18.5 Å². The first-order valence-electron chi connectivity index (χ1n) is 6.22. The second kappa shape index (κ2) is 7.66. The zero-order valence-electron chi connectivity index (χ0n) is 11.5. The van der Waals surface area contributed by atoms with Gasteiger partial charge in [0.15, 0.2) is 5.96 Å². The van der Waals surface area contributed by atoms with Crippen molar-refractivity contribution in [3.05, 3.63) is 42.5 Å². The Morgan fingerprint density at radius 3 is 2.50 bits per heavy atom. The van der Waals surface area contributed by atoms with E-state index in [0.29, 0.717) is 19.0 Å². The molecular weight excluding hydrogens is 276 g/mol. The highest BCUT2D eigenvalue weighted by molar-refractivity contribution is 7.89. The van der Waals surface area contributed by atoms with Crippen molar-refractivity contribution in [2.75, 3.05) is 13.1 Å². The van der Waals surface area contributed by atoms with Crippen molar-refractivity contribution in [1.82, 2.24) is 10.6 Å². The number of primary sulfonamides is 1. The molecule has 0 amide bonds. The van der Waals surface area contributed by atoms with Crippen LogP contribution < -0.4 is 15.8 Å². The molecule has 0 aromatic heterocycles. The van der Waals surface area contributed by atoms with E-state index in [1.165, 1.54) is 12.1 Å². The first-order valence-corrected chi connectivity index (χ1v) is 7.76. The zero-order chi connectivity index (χ0) is 15.0. The number of rotatable bonds is 6. The Labute approximate surface area is 119 Å². The van der Waals surface area contributed by atoms with E-state index in [-0.39, 0.29) is 4.90 Å². The molecule has 110 valence electrons. The lowest BCUT2D eigenvalue weighted by molar-refractivity contribution is 0.598. The van der Waals surface area contributed by atoms with Crippen molar-refractivity contribution in [3.63, 3.8) is 0 Å². The predicted octanol–water partition coefficient (Wildman–Crippen LogP) is 0.575. The molecule has 0 spiro atoms. The van der Waals surface area contributed by atoms with E-state index in [0.717, 1.165) is 12.1 Å². The van der Waals surface area contributed by atoms with E-state index in [9.17, 15) is 8.42 Å². The van der Waals surface area contributed by atoms with Crippen LogP contribution in [0.15, 0.2) is 46.8 Å². The van der Waals surface area contributed by atoms with Gasteiger partial charge in [-0.1, -0.05) is 18.2 Å². The molecule has 4 N–H and O–H groups in total. The van der Waals surface area contributed by atoms with Crippen molar-refractivity contribution >= 4 is 16.0 Å². The summed E-state index contributed by atoms with van der Waals surface area (Å²) in [7, 11) is -3.64.